The second-order valence-corrected chi connectivity index (χ2v) is 12.3. The van der Waals surface area contributed by atoms with Crippen LogP contribution in [0.15, 0.2) is 42.5 Å². The van der Waals surface area contributed by atoms with Crippen LogP contribution in [-0.2, 0) is 16.0 Å². The van der Waals surface area contributed by atoms with Gasteiger partial charge in [-0.3, -0.25) is 14.5 Å². The van der Waals surface area contributed by atoms with Gasteiger partial charge in [-0.1, -0.05) is 49.5 Å². The third-order valence-corrected chi connectivity index (χ3v) is 9.34. The van der Waals surface area contributed by atoms with Gasteiger partial charge in [0, 0.05) is 45.2 Å². The molecule has 0 spiro atoms. The Labute approximate surface area is 263 Å². The number of aliphatic carboxylic acids is 1. The number of halogens is 2. The van der Waals surface area contributed by atoms with Crippen molar-refractivity contribution >= 4 is 11.9 Å². The first kappa shape index (κ1) is 35.5. The lowest BCUT2D eigenvalue weighted by Gasteiger charge is -2.39. The van der Waals surface area contributed by atoms with E-state index in [0.717, 1.165) is 83.7 Å². The SMILES string of the molecule is C#C/C=C\C=C/C.CCN(C(=O)CCc1ccc(F)c(F)c1)C1CCN(CC2CCN([C@@H](C(=O)O)C3CCCCC3)C2)CC1. The molecule has 0 aromatic heterocycles. The molecule has 3 aliphatic rings. The van der Waals surface area contributed by atoms with Crippen LogP contribution in [0.3, 0.4) is 0 Å². The summed E-state index contributed by atoms with van der Waals surface area (Å²) in [6.07, 6.45) is 21.4. The summed E-state index contributed by atoms with van der Waals surface area (Å²) >= 11 is 0. The number of likely N-dealkylation sites (tertiary alicyclic amines) is 2. The number of terminal acetylenes is 1. The van der Waals surface area contributed by atoms with Crippen molar-refractivity contribution in [2.24, 2.45) is 11.8 Å². The molecule has 1 aliphatic carbocycles. The van der Waals surface area contributed by atoms with E-state index in [-0.39, 0.29) is 18.0 Å². The number of allylic oxidation sites excluding steroid dienone is 4. The number of carbonyl (C=O) groups excluding carboxylic acids is 1. The standard InChI is InChI=1S/C29H43F2N3O3.C7H8/c1-2-34(27(35)11-9-21-8-10-25(30)26(31)18-21)24-13-15-32(16-14-24)19-22-12-17-33(20-22)28(29(36)37)23-6-4-3-5-7-23;1-3-5-7-6-4-2/h8,10,18,22-24,28H,2-7,9,11-17,19-20H2,1H3,(H,36,37);1,4-7H,2H3/b;6-4-,7-5-/t22?,28-;/m1./s1. The maximum absolute atomic E-state index is 13.5. The van der Waals surface area contributed by atoms with Crippen LogP contribution in [-0.4, -0.2) is 83.0 Å². The molecule has 2 saturated heterocycles. The molecule has 2 heterocycles. The number of amides is 1. The van der Waals surface area contributed by atoms with Crippen molar-refractivity contribution in [1.29, 1.82) is 0 Å². The van der Waals surface area contributed by atoms with E-state index in [1.807, 2.05) is 37.0 Å². The number of nitrogens with zero attached hydrogens (tertiary/aromatic N) is 3. The summed E-state index contributed by atoms with van der Waals surface area (Å²) in [6.45, 7) is 9.23. The van der Waals surface area contributed by atoms with Crippen LogP contribution >= 0.6 is 0 Å². The van der Waals surface area contributed by atoms with E-state index in [1.165, 1.54) is 12.5 Å². The first-order valence-electron chi connectivity index (χ1n) is 16.4. The molecule has 2 aliphatic heterocycles. The fraction of sp³-hybridized carbons (Fsp3) is 0.611. The van der Waals surface area contributed by atoms with Crippen LogP contribution in [0.5, 0.6) is 0 Å². The quantitative estimate of drug-likeness (QED) is 0.235. The van der Waals surface area contributed by atoms with E-state index in [1.54, 1.807) is 12.1 Å². The van der Waals surface area contributed by atoms with Gasteiger partial charge >= 0.3 is 5.97 Å². The molecule has 1 unspecified atom stereocenters. The molecule has 2 atom stereocenters. The van der Waals surface area contributed by atoms with Crippen LogP contribution < -0.4 is 0 Å². The summed E-state index contributed by atoms with van der Waals surface area (Å²) in [5.74, 6) is 0.843. The molecule has 1 amide bonds. The lowest BCUT2D eigenvalue weighted by Crippen LogP contribution is -2.49. The Balaban J connectivity index is 0.000000676. The zero-order valence-electron chi connectivity index (χ0n) is 26.6. The second kappa shape index (κ2) is 18.7. The zero-order chi connectivity index (χ0) is 31.9. The molecule has 1 aromatic rings. The van der Waals surface area contributed by atoms with E-state index < -0.39 is 17.6 Å². The highest BCUT2D eigenvalue weighted by Gasteiger charge is 2.38. The number of piperidine rings is 1. The predicted molar refractivity (Wildman–Crippen MR) is 172 cm³/mol. The highest BCUT2D eigenvalue weighted by atomic mass is 19.2. The summed E-state index contributed by atoms with van der Waals surface area (Å²) in [6, 6.07) is 3.71. The molecule has 44 heavy (non-hydrogen) atoms. The largest absolute Gasteiger partial charge is 0.480 e. The molecule has 1 saturated carbocycles. The minimum Gasteiger partial charge on any atom is -0.480 e. The fourth-order valence-corrected chi connectivity index (χ4v) is 7.10. The molecule has 8 heteroatoms. The Morgan fingerprint density at radius 1 is 1.07 bits per heavy atom. The molecule has 4 rings (SSSR count). The Bertz CT molecular complexity index is 1150. The molecule has 0 bridgehead atoms. The fourth-order valence-electron chi connectivity index (χ4n) is 7.10. The average molecular weight is 612 g/mol. The van der Waals surface area contributed by atoms with Gasteiger partial charge in [0.15, 0.2) is 11.6 Å². The Kier molecular flexibility index (Phi) is 15.1. The maximum atomic E-state index is 13.5. The lowest BCUT2D eigenvalue weighted by atomic mass is 9.83. The van der Waals surface area contributed by atoms with Gasteiger partial charge in [0.25, 0.3) is 0 Å². The van der Waals surface area contributed by atoms with Gasteiger partial charge in [-0.25, -0.2) is 8.78 Å². The van der Waals surface area contributed by atoms with Gasteiger partial charge in [0.05, 0.1) is 0 Å². The minimum atomic E-state index is -0.873. The topological polar surface area (TPSA) is 64.1 Å². The molecular formula is C36H51F2N3O3. The number of rotatable bonds is 11. The number of carboxylic acids is 1. The van der Waals surface area contributed by atoms with E-state index in [2.05, 4.69) is 15.7 Å². The molecule has 1 aromatic carbocycles. The molecule has 6 nitrogen and oxygen atoms in total. The number of aryl methyl sites for hydroxylation is 1. The smallest absolute Gasteiger partial charge is 0.321 e. The summed E-state index contributed by atoms with van der Waals surface area (Å²) in [4.78, 5) is 31.7. The average Bonchev–Trinajstić information content (AvgIpc) is 3.47. The Morgan fingerprint density at radius 2 is 1.80 bits per heavy atom. The van der Waals surface area contributed by atoms with Crippen LogP contribution in [0.1, 0.15) is 77.2 Å². The van der Waals surface area contributed by atoms with E-state index in [9.17, 15) is 23.5 Å². The van der Waals surface area contributed by atoms with Crippen molar-refractivity contribution in [2.75, 3.05) is 39.3 Å². The number of carbonyl (C=O) groups is 2. The van der Waals surface area contributed by atoms with Gasteiger partial charge in [-0.2, -0.15) is 0 Å². The van der Waals surface area contributed by atoms with Crippen molar-refractivity contribution in [3.8, 4) is 12.3 Å². The minimum absolute atomic E-state index is 0.0690. The lowest BCUT2D eigenvalue weighted by molar-refractivity contribution is -0.145. The van der Waals surface area contributed by atoms with Gasteiger partial charge in [-0.15, -0.1) is 6.42 Å². The third-order valence-electron chi connectivity index (χ3n) is 9.34. The zero-order valence-corrected chi connectivity index (χ0v) is 26.6. The number of carboxylic acid groups (broad SMARTS) is 1. The van der Waals surface area contributed by atoms with Crippen molar-refractivity contribution in [1.82, 2.24) is 14.7 Å². The summed E-state index contributed by atoms with van der Waals surface area (Å²) < 4.78 is 26.6. The maximum Gasteiger partial charge on any atom is 0.321 e. The molecule has 0 radical (unpaired) electrons. The van der Waals surface area contributed by atoms with Crippen LogP contribution in [0, 0.1) is 35.8 Å². The molecular weight excluding hydrogens is 560 g/mol. The number of hydrogen-bond donors (Lipinski definition) is 1. The second-order valence-electron chi connectivity index (χ2n) is 12.3. The molecule has 3 fully saturated rings. The molecule has 1 N–H and O–H groups in total. The van der Waals surface area contributed by atoms with E-state index in [0.29, 0.717) is 36.8 Å². The number of benzene rings is 1. The summed E-state index contributed by atoms with van der Waals surface area (Å²) in [5, 5.41) is 9.95. The van der Waals surface area contributed by atoms with Crippen molar-refractivity contribution in [3.63, 3.8) is 0 Å². The molecule has 242 valence electrons. The van der Waals surface area contributed by atoms with Crippen LogP contribution in [0.4, 0.5) is 8.78 Å². The highest BCUT2D eigenvalue weighted by molar-refractivity contribution is 5.76. The first-order valence-corrected chi connectivity index (χ1v) is 16.4. The Morgan fingerprint density at radius 3 is 2.41 bits per heavy atom. The number of hydrogen-bond acceptors (Lipinski definition) is 4. The van der Waals surface area contributed by atoms with E-state index >= 15 is 0 Å². The monoisotopic (exact) mass is 611 g/mol. The summed E-state index contributed by atoms with van der Waals surface area (Å²) in [5.41, 5.74) is 0.636. The van der Waals surface area contributed by atoms with Crippen LogP contribution in [0.2, 0.25) is 0 Å². The van der Waals surface area contributed by atoms with Gasteiger partial charge in [0.2, 0.25) is 5.91 Å². The van der Waals surface area contributed by atoms with Crippen LogP contribution in [0.25, 0.3) is 0 Å². The van der Waals surface area contributed by atoms with E-state index in [4.69, 9.17) is 6.42 Å². The van der Waals surface area contributed by atoms with Crippen molar-refractivity contribution in [3.05, 3.63) is 59.7 Å². The summed E-state index contributed by atoms with van der Waals surface area (Å²) in [7, 11) is 0. The highest BCUT2D eigenvalue weighted by Crippen LogP contribution is 2.32. The van der Waals surface area contributed by atoms with Gasteiger partial charge in [0.1, 0.15) is 6.04 Å². The first-order chi connectivity index (χ1) is 21.3. The third kappa shape index (κ3) is 10.9. The van der Waals surface area contributed by atoms with Gasteiger partial charge in [-0.05, 0) is 94.5 Å². The van der Waals surface area contributed by atoms with Crippen molar-refractivity contribution < 1.29 is 23.5 Å². The Hall–Kier alpha value is -3.02. The van der Waals surface area contributed by atoms with Crippen molar-refractivity contribution in [2.45, 2.75) is 90.1 Å². The normalized spacial score (nSPS) is 21.2. The predicted octanol–water partition coefficient (Wildman–Crippen LogP) is 6.32. The van der Waals surface area contributed by atoms with Gasteiger partial charge < -0.3 is 14.9 Å².